The fourth-order valence-corrected chi connectivity index (χ4v) is 4.11. The van der Waals surface area contributed by atoms with Crippen molar-refractivity contribution < 1.29 is 9.13 Å². The molecular weight excluding hydrogens is 512 g/mol. The summed E-state index contributed by atoms with van der Waals surface area (Å²) in [7, 11) is 1.76. The monoisotopic (exact) mass is 543 g/mol. The van der Waals surface area contributed by atoms with Crippen LogP contribution in [0.1, 0.15) is 36.1 Å². The highest BCUT2D eigenvalue weighted by Crippen LogP contribution is 2.21. The van der Waals surface area contributed by atoms with Gasteiger partial charge in [0.25, 0.3) is 0 Å². The van der Waals surface area contributed by atoms with Crippen LogP contribution in [0.4, 0.5) is 4.39 Å². The Kier molecular flexibility index (Phi) is 9.02. The molecule has 0 radical (unpaired) electrons. The van der Waals surface area contributed by atoms with Crippen molar-refractivity contribution in [1.82, 2.24) is 30.3 Å². The molecule has 1 aromatic heterocycles. The average Bonchev–Trinajstić information content (AvgIpc) is 3.21. The summed E-state index contributed by atoms with van der Waals surface area (Å²) in [6.07, 6.45) is 3.35. The van der Waals surface area contributed by atoms with Crippen molar-refractivity contribution in [3.63, 3.8) is 0 Å². The molecule has 2 aliphatic heterocycles. The Balaban J connectivity index is 0.00000272. The second kappa shape index (κ2) is 11.7. The van der Waals surface area contributed by atoms with E-state index in [1.165, 1.54) is 25.0 Å². The van der Waals surface area contributed by atoms with E-state index in [4.69, 9.17) is 4.74 Å². The van der Waals surface area contributed by atoms with Gasteiger partial charge in [-0.1, -0.05) is 12.1 Å². The zero-order valence-electron chi connectivity index (χ0n) is 17.9. The molecule has 2 aromatic rings. The number of hydrogen-bond acceptors (Lipinski definition) is 5. The van der Waals surface area contributed by atoms with Crippen LogP contribution < -0.4 is 10.6 Å². The standard InChI is InChI=1S/C21H30FN7O.HI/c1-23-21(25-15-20-27-26-19-4-2-3-9-29(19)20)24-14-18(28-10-12-30-13-11-28)16-5-7-17(22)8-6-16;/h5-8,18H,2-4,9-15H2,1H3,(H2,23,24,25);1H. The van der Waals surface area contributed by atoms with Crippen LogP contribution in [-0.2, 0) is 24.2 Å². The van der Waals surface area contributed by atoms with Crippen molar-refractivity contribution in [2.24, 2.45) is 4.99 Å². The SMILES string of the molecule is CN=C(NCc1nnc2n1CCCC2)NCC(c1ccc(F)cc1)N1CCOCC1.I. The average molecular weight is 543 g/mol. The molecule has 1 saturated heterocycles. The summed E-state index contributed by atoms with van der Waals surface area (Å²) in [6.45, 7) is 5.33. The number of aliphatic imine (C=N–C) groups is 1. The van der Waals surface area contributed by atoms with Crippen LogP contribution in [-0.4, -0.2) is 65.5 Å². The van der Waals surface area contributed by atoms with Crippen LogP contribution in [0.3, 0.4) is 0 Å². The van der Waals surface area contributed by atoms with Gasteiger partial charge in [0.1, 0.15) is 11.6 Å². The fourth-order valence-electron chi connectivity index (χ4n) is 4.11. The maximum absolute atomic E-state index is 13.4. The highest BCUT2D eigenvalue weighted by Gasteiger charge is 2.23. The van der Waals surface area contributed by atoms with Gasteiger partial charge in [-0.15, -0.1) is 34.2 Å². The van der Waals surface area contributed by atoms with Crippen LogP contribution in [0.2, 0.25) is 0 Å². The predicted octanol–water partition coefficient (Wildman–Crippen LogP) is 2.11. The highest BCUT2D eigenvalue weighted by molar-refractivity contribution is 14.0. The Morgan fingerprint density at radius 1 is 1.13 bits per heavy atom. The van der Waals surface area contributed by atoms with Gasteiger partial charge in [0.2, 0.25) is 0 Å². The number of aryl methyl sites for hydroxylation is 1. The van der Waals surface area contributed by atoms with E-state index in [0.29, 0.717) is 32.3 Å². The second-order valence-electron chi connectivity index (χ2n) is 7.66. The number of rotatable bonds is 6. The Morgan fingerprint density at radius 2 is 1.90 bits per heavy atom. The zero-order valence-corrected chi connectivity index (χ0v) is 20.2. The van der Waals surface area contributed by atoms with Crippen LogP contribution in [0.15, 0.2) is 29.3 Å². The number of fused-ring (bicyclic) bond motifs is 1. The Labute approximate surface area is 199 Å². The number of ether oxygens (including phenoxy) is 1. The molecule has 1 unspecified atom stereocenters. The summed E-state index contributed by atoms with van der Waals surface area (Å²) in [5, 5.41) is 15.4. The first-order valence-corrected chi connectivity index (χ1v) is 10.7. The normalized spacial score (nSPS) is 18.1. The van der Waals surface area contributed by atoms with Crippen molar-refractivity contribution in [3.05, 3.63) is 47.3 Å². The van der Waals surface area contributed by atoms with Crippen molar-refractivity contribution >= 4 is 29.9 Å². The van der Waals surface area contributed by atoms with Gasteiger partial charge in [-0.05, 0) is 30.5 Å². The Hall–Kier alpha value is -1.79. The Morgan fingerprint density at radius 3 is 2.65 bits per heavy atom. The molecule has 1 aromatic carbocycles. The van der Waals surface area contributed by atoms with Crippen molar-refractivity contribution in [2.45, 2.75) is 38.4 Å². The maximum Gasteiger partial charge on any atom is 0.191 e. The van der Waals surface area contributed by atoms with Gasteiger partial charge in [-0.2, -0.15) is 0 Å². The summed E-state index contributed by atoms with van der Waals surface area (Å²) in [6, 6.07) is 6.86. The van der Waals surface area contributed by atoms with E-state index >= 15 is 0 Å². The van der Waals surface area contributed by atoms with Crippen LogP contribution in [0, 0.1) is 5.82 Å². The smallest absolute Gasteiger partial charge is 0.191 e. The summed E-state index contributed by atoms with van der Waals surface area (Å²) in [5.74, 6) is 2.51. The maximum atomic E-state index is 13.4. The number of morpholine rings is 1. The molecule has 0 saturated carbocycles. The molecule has 170 valence electrons. The number of nitrogens with zero attached hydrogens (tertiary/aromatic N) is 5. The van der Waals surface area contributed by atoms with Gasteiger partial charge in [-0.3, -0.25) is 9.89 Å². The summed E-state index contributed by atoms with van der Waals surface area (Å²) in [4.78, 5) is 6.73. The molecule has 10 heteroatoms. The van der Waals surface area contributed by atoms with E-state index in [0.717, 1.165) is 43.3 Å². The van der Waals surface area contributed by atoms with Crippen molar-refractivity contribution in [1.29, 1.82) is 0 Å². The van der Waals surface area contributed by atoms with Gasteiger partial charge in [-0.25, -0.2) is 4.39 Å². The number of hydrogen-bond donors (Lipinski definition) is 2. The molecule has 0 aliphatic carbocycles. The van der Waals surface area contributed by atoms with Crippen LogP contribution in [0.5, 0.6) is 0 Å². The molecule has 3 heterocycles. The molecule has 0 spiro atoms. The van der Waals surface area contributed by atoms with E-state index in [-0.39, 0.29) is 35.8 Å². The summed E-state index contributed by atoms with van der Waals surface area (Å²) < 4.78 is 21.1. The molecule has 2 N–H and O–H groups in total. The van der Waals surface area contributed by atoms with Gasteiger partial charge in [0.15, 0.2) is 11.8 Å². The number of guanidine groups is 1. The zero-order chi connectivity index (χ0) is 20.8. The minimum Gasteiger partial charge on any atom is -0.379 e. The number of aromatic nitrogens is 3. The highest BCUT2D eigenvalue weighted by atomic mass is 127. The summed E-state index contributed by atoms with van der Waals surface area (Å²) in [5.41, 5.74) is 1.08. The van der Waals surface area contributed by atoms with Gasteiger partial charge >= 0.3 is 0 Å². The lowest BCUT2D eigenvalue weighted by atomic mass is 10.0. The lowest BCUT2D eigenvalue weighted by Gasteiger charge is -2.35. The molecule has 0 amide bonds. The van der Waals surface area contributed by atoms with Crippen LogP contribution in [0.25, 0.3) is 0 Å². The number of nitrogens with one attached hydrogen (secondary N) is 2. The molecule has 1 atom stereocenters. The fraction of sp³-hybridized carbons (Fsp3) is 0.571. The molecule has 4 rings (SSSR count). The first-order valence-electron chi connectivity index (χ1n) is 10.7. The molecule has 1 fully saturated rings. The van der Waals surface area contributed by atoms with E-state index in [9.17, 15) is 4.39 Å². The summed E-state index contributed by atoms with van der Waals surface area (Å²) >= 11 is 0. The minimum atomic E-state index is -0.221. The lowest BCUT2D eigenvalue weighted by molar-refractivity contribution is 0.0170. The number of halogens is 2. The van der Waals surface area contributed by atoms with Gasteiger partial charge < -0.3 is 19.9 Å². The van der Waals surface area contributed by atoms with E-state index < -0.39 is 0 Å². The third-order valence-electron chi connectivity index (χ3n) is 5.78. The molecular formula is C21H31FIN7O. The molecule has 2 aliphatic rings. The van der Waals surface area contributed by atoms with Crippen LogP contribution >= 0.6 is 24.0 Å². The number of benzene rings is 1. The van der Waals surface area contributed by atoms with E-state index in [1.54, 1.807) is 7.05 Å². The first-order chi connectivity index (χ1) is 14.7. The van der Waals surface area contributed by atoms with Gasteiger partial charge in [0.05, 0.1) is 25.8 Å². The van der Waals surface area contributed by atoms with Crippen molar-refractivity contribution in [2.75, 3.05) is 39.9 Å². The first kappa shape index (κ1) is 23.9. The topological polar surface area (TPSA) is 79.6 Å². The van der Waals surface area contributed by atoms with Gasteiger partial charge in [0, 0.05) is 39.6 Å². The largest absolute Gasteiger partial charge is 0.379 e. The third kappa shape index (κ3) is 6.13. The minimum absolute atomic E-state index is 0. The Bertz CT molecular complexity index is 852. The van der Waals surface area contributed by atoms with E-state index in [2.05, 4.69) is 35.3 Å². The molecule has 31 heavy (non-hydrogen) atoms. The predicted molar refractivity (Wildman–Crippen MR) is 128 cm³/mol. The third-order valence-corrected chi connectivity index (χ3v) is 5.78. The van der Waals surface area contributed by atoms with E-state index in [1.807, 2.05) is 12.1 Å². The quantitative estimate of drug-likeness (QED) is 0.330. The van der Waals surface area contributed by atoms with Crippen molar-refractivity contribution in [3.8, 4) is 0 Å². The second-order valence-corrected chi connectivity index (χ2v) is 7.66. The molecule has 8 nitrogen and oxygen atoms in total. The molecule has 0 bridgehead atoms. The lowest BCUT2D eigenvalue weighted by Crippen LogP contribution is -2.46.